The minimum absolute atomic E-state index is 0.376. The molecule has 88 valence electrons. The summed E-state index contributed by atoms with van der Waals surface area (Å²) in [5, 5.41) is 1.06. The summed E-state index contributed by atoms with van der Waals surface area (Å²) in [7, 11) is 0. The molecule has 16 heavy (non-hydrogen) atoms. The first-order chi connectivity index (χ1) is 7.74. The number of rotatable bonds is 4. The Balaban J connectivity index is 1.95. The van der Waals surface area contributed by atoms with Crippen LogP contribution in [-0.2, 0) is 0 Å². The summed E-state index contributed by atoms with van der Waals surface area (Å²) < 4.78 is 7.16. The average Bonchev–Trinajstić information content (AvgIpc) is 2.76. The molecule has 3 heteroatoms. The Bertz CT molecular complexity index is 348. The van der Waals surface area contributed by atoms with E-state index in [4.69, 9.17) is 4.74 Å². The van der Waals surface area contributed by atoms with Gasteiger partial charge in [-0.25, -0.2) is 0 Å². The third kappa shape index (κ3) is 3.13. The maximum Gasteiger partial charge on any atom is 0.120 e. The van der Waals surface area contributed by atoms with Crippen molar-refractivity contribution in [1.29, 1.82) is 0 Å². The van der Waals surface area contributed by atoms with Crippen molar-refractivity contribution < 1.29 is 4.74 Å². The van der Waals surface area contributed by atoms with E-state index in [9.17, 15) is 0 Å². The maximum atomic E-state index is 5.93. The zero-order valence-corrected chi connectivity index (χ0v) is 13.0. The van der Waals surface area contributed by atoms with Gasteiger partial charge in [0.25, 0.3) is 0 Å². The molecule has 0 radical (unpaired) electrons. The average molecular weight is 395 g/mol. The summed E-state index contributed by atoms with van der Waals surface area (Å²) in [4.78, 5) is 0. The lowest BCUT2D eigenvalue weighted by atomic mass is 9.90. The fraction of sp³-hybridized carbons (Fsp3) is 0.538. The van der Waals surface area contributed by atoms with Crippen LogP contribution in [0.2, 0.25) is 0 Å². The van der Waals surface area contributed by atoms with Crippen LogP contribution in [0, 0.1) is 8.99 Å². The molecule has 2 rings (SSSR count). The van der Waals surface area contributed by atoms with Gasteiger partial charge in [-0.1, -0.05) is 34.8 Å². The molecule has 0 atom stereocenters. The summed E-state index contributed by atoms with van der Waals surface area (Å²) in [6.45, 7) is 0.846. The van der Waals surface area contributed by atoms with E-state index >= 15 is 0 Å². The normalized spacial score (nSPS) is 18.6. The van der Waals surface area contributed by atoms with E-state index in [0.29, 0.717) is 5.41 Å². The van der Waals surface area contributed by atoms with E-state index in [0.717, 1.165) is 17.7 Å². The van der Waals surface area contributed by atoms with Crippen LogP contribution in [0.3, 0.4) is 0 Å². The molecular weight excluding hydrogens is 379 g/mol. The Morgan fingerprint density at radius 1 is 1.31 bits per heavy atom. The Morgan fingerprint density at radius 3 is 2.69 bits per heavy atom. The van der Waals surface area contributed by atoms with Gasteiger partial charge in [0.2, 0.25) is 0 Å². The lowest BCUT2D eigenvalue weighted by molar-refractivity contribution is 0.174. The summed E-state index contributed by atoms with van der Waals surface area (Å²) in [6.07, 6.45) is 5.28. The third-order valence-electron chi connectivity index (χ3n) is 3.29. The largest absolute Gasteiger partial charge is 0.493 e. The van der Waals surface area contributed by atoms with Crippen molar-refractivity contribution in [3.63, 3.8) is 0 Å². The van der Waals surface area contributed by atoms with E-state index in [-0.39, 0.29) is 0 Å². The topological polar surface area (TPSA) is 9.23 Å². The van der Waals surface area contributed by atoms with Crippen molar-refractivity contribution in [2.45, 2.75) is 25.7 Å². The van der Waals surface area contributed by atoms with Crippen LogP contribution in [0.15, 0.2) is 24.3 Å². The number of hydrogen-bond donors (Lipinski definition) is 0. The zero-order valence-electron chi connectivity index (χ0n) is 9.22. The molecule has 1 aliphatic rings. The zero-order chi connectivity index (χ0) is 11.4. The van der Waals surface area contributed by atoms with E-state index in [1.54, 1.807) is 0 Å². The molecular formula is C13H16BrIO. The van der Waals surface area contributed by atoms with Crippen molar-refractivity contribution in [3.8, 4) is 5.75 Å². The van der Waals surface area contributed by atoms with Gasteiger partial charge >= 0.3 is 0 Å². The van der Waals surface area contributed by atoms with Crippen LogP contribution in [0.4, 0.5) is 0 Å². The molecule has 1 fully saturated rings. The summed E-state index contributed by atoms with van der Waals surface area (Å²) in [5.74, 6) is 0.999. The molecule has 1 aromatic carbocycles. The number of ether oxygens (including phenoxy) is 1. The first kappa shape index (κ1) is 12.7. The van der Waals surface area contributed by atoms with E-state index < -0.39 is 0 Å². The standard InChI is InChI=1S/C13H16BrIO/c14-9-13(6-1-2-7-13)10-16-12-5-3-4-11(15)8-12/h3-5,8H,1-2,6-7,9-10H2. The van der Waals surface area contributed by atoms with Crippen molar-refractivity contribution in [1.82, 2.24) is 0 Å². The molecule has 1 nitrogen and oxygen atoms in total. The monoisotopic (exact) mass is 394 g/mol. The number of benzene rings is 1. The molecule has 0 amide bonds. The predicted molar refractivity (Wildman–Crippen MR) is 79.3 cm³/mol. The predicted octanol–water partition coefficient (Wildman–Crippen LogP) is 4.63. The van der Waals surface area contributed by atoms with Gasteiger partial charge in [0.1, 0.15) is 5.75 Å². The van der Waals surface area contributed by atoms with E-state index in [1.807, 2.05) is 12.1 Å². The number of halogens is 2. The lowest BCUT2D eigenvalue weighted by Crippen LogP contribution is -2.26. The maximum absolute atomic E-state index is 5.93. The molecule has 0 N–H and O–H groups in total. The molecule has 0 saturated heterocycles. The highest BCUT2D eigenvalue weighted by Gasteiger charge is 2.33. The van der Waals surface area contributed by atoms with Crippen molar-refractivity contribution in [2.75, 3.05) is 11.9 Å². The van der Waals surface area contributed by atoms with Gasteiger partial charge in [0, 0.05) is 14.3 Å². The van der Waals surface area contributed by atoms with Gasteiger partial charge in [-0.3, -0.25) is 0 Å². The second kappa shape index (κ2) is 5.71. The highest BCUT2D eigenvalue weighted by molar-refractivity contribution is 14.1. The Labute approximate surface area is 119 Å². The number of alkyl halides is 1. The summed E-state index contributed by atoms with van der Waals surface area (Å²) in [5.41, 5.74) is 0.376. The van der Waals surface area contributed by atoms with Gasteiger partial charge in [0.15, 0.2) is 0 Å². The van der Waals surface area contributed by atoms with Gasteiger partial charge in [-0.15, -0.1) is 0 Å². The molecule has 0 aliphatic heterocycles. The summed E-state index contributed by atoms with van der Waals surface area (Å²) in [6, 6.07) is 8.27. The molecule has 0 heterocycles. The Kier molecular flexibility index (Phi) is 4.53. The van der Waals surface area contributed by atoms with Crippen molar-refractivity contribution in [2.24, 2.45) is 5.41 Å². The first-order valence-electron chi connectivity index (χ1n) is 5.68. The second-order valence-electron chi connectivity index (χ2n) is 4.59. The van der Waals surface area contributed by atoms with Gasteiger partial charge in [0.05, 0.1) is 6.61 Å². The first-order valence-corrected chi connectivity index (χ1v) is 7.88. The molecule has 1 saturated carbocycles. The fourth-order valence-electron chi connectivity index (χ4n) is 2.23. The van der Waals surface area contributed by atoms with Gasteiger partial charge in [-0.2, -0.15) is 0 Å². The fourth-order valence-corrected chi connectivity index (χ4v) is 3.47. The Morgan fingerprint density at radius 2 is 2.06 bits per heavy atom. The highest BCUT2D eigenvalue weighted by Crippen LogP contribution is 2.40. The van der Waals surface area contributed by atoms with Gasteiger partial charge in [-0.05, 0) is 53.6 Å². The molecule has 0 unspecified atom stereocenters. The SMILES string of the molecule is BrCC1(COc2cccc(I)c2)CCCC1. The molecule has 0 aromatic heterocycles. The minimum atomic E-state index is 0.376. The Hall–Kier alpha value is 0.230. The lowest BCUT2D eigenvalue weighted by Gasteiger charge is -2.26. The van der Waals surface area contributed by atoms with Crippen LogP contribution in [0.1, 0.15) is 25.7 Å². The molecule has 1 aliphatic carbocycles. The second-order valence-corrected chi connectivity index (χ2v) is 6.39. The van der Waals surface area contributed by atoms with Crippen LogP contribution >= 0.6 is 38.5 Å². The third-order valence-corrected chi connectivity index (χ3v) is 5.15. The number of hydrogen-bond acceptors (Lipinski definition) is 1. The van der Waals surface area contributed by atoms with Crippen LogP contribution in [-0.4, -0.2) is 11.9 Å². The van der Waals surface area contributed by atoms with Crippen LogP contribution < -0.4 is 4.74 Å². The smallest absolute Gasteiger partial charge is 0.120 e. The quantitative estimate of drug-likeness (QED) is 0.534. The van der Waals surface area contributed by atoms with Crippen LogP contribution in [0.5, 0.6) is 5.75 Å². The van der Waals surface area contributed by atoms with Crippen molar-refractivity contribution >= 4 is 38.5 Å². The molecule has 1 aromatic rings. The minimum Gasteiger partial charge on any atom is -0.493 e. The molecule has 0 bridgehead atoms. The van der Waals surface area contributed by atoms with Gasteiger partial charge < -0.3 is 4.74 Å². The summed E-state index contributed by atoms with van der Waals surface area (Å²) >= 11 is 5.96. The van der Waals surface area contributed by atoms with E-state index in [1.165, 1.54) is 29.3 Å². The van der Waals surface area contributed by atoms with Crippen molar-refractivity contribution in [3.05, 3.63) is 27.8 Å². The van der Waals surface area contributed by atoms with Crippen LogP contribution in [0.25, 0.3) is 0 Å². The highest BCUT2D eigenvalue weighted by atomic mass is 127. The molecule has 0 spiro atoms. The van der Waals surface area contributed by atoms with E-state index in [2.05, 4.69) is 50.7 Å².